The summed E-state index contributed by atoms with van der Waals surface area (Å²) >= 11 is 3.24. The summed E-state index contributed by atoms with van der Waals surface area (Å²) in [5, 5.41) is 11.7. The van der Waals surface area contributed by atoms with Crippen LogP contribution in [0.15, 0.2) is 53.0 Å². The second kappa shape index (κ2) is 7.72. The van der Waals surface area contributed by atoms with Gasteiger partial charge in [0.05, 0.1) is 4.88 Å². The minimum absolute atomic E-state index is 0.191. The number of thioether (sulfide) groups is 1. The maximum atomic E-state index is 13.3. The van der Waals surface area contributed by atoms with E-state index in [0.717, 1.165) is 60.2 Å². The van der Waals surface area contributed by atoms with Gasteiger partial charge in [-0.2, -0.15) is 0 Å². The molecule has 0 unspecified atom stereocenters. The number of carbonyl (C=O) groups excluding carboxylic acids is 1. The molecule has 1 aliphatic heterocycles. The first-order valence-corrected chi connectivity index (χ1v) is 11.6. The van der Waals surface area contributed by atoms with Crippen LogP contribution >= 0.6 is 23.1 Å². The summed E-state index contributed by atoms with van der Waals surface area (Å²) in [5.74, 6) is 1.12. The number of nitrogens with zero attached hydrogens (tertiary/aromatic N) is 4. The number of hydrogen-bond donors (Lipinski definition) is 0. The molecule has 7 heteroatoms. The van der Waals surface area contributed by atoms with Crippen LogP contribution in [0.3, 0.4) is 0 Å². The van der Waals surface area contributed by atoms with Crippen LogP contribution in [0.5, 0.6) is 0 Å². The molecule has 28 heavy (non-hydrogen) atoms. The van der Waals surface area contributed by atoms with Gasteiger partial charge in [0, 0.05) is 19.1 Å². The first-order valence-electron chi connectivity index (χ1n) is 9.80. The Morgan fingerprint density at radius 2 is 1.86 bits per heavy atom. The normalized spacial score (nSPS) is 17.8. The van der Waals surface area contributed by atoms with Gasteiger partial charge in [-0.3, -0.25) is 9.36 Å². The van der Waals surface area contributed by atoms with Crippen molar-refractivity contribution >= 4 is 29.0 Å². The fourth-order valence-electron chi connectivity index (χ4n) is 3.69. The van der Waals surface area contributed by atoms with E-state index in [2.05, 4.69) is 26.2 Å². The topological polar surface area (TPSA) is 51.0 Å². The van der Waals surface area contributed by atoms with Crippen LogP contribution in [0.1, 0.15) is 42.5 Å². The van der Waals surface area contributed by atoms with Crippen LogP contribution in [0, 0.1) is 0 Å². The van der Waals surface area contributed by atoms with E-state index in [1.807, 2.05) is 41.3 Å². The zero-order chi connectivity index (χ0) is 18.9. The Labute approximate surface area is 172 Å². The van der Waals surface area contributed by atoms with Gasteiger partial charge in [-0.1, -0.05) is 48.2 Å². The van der Waals surface area contributed by atoms with Crippen molar-refractivity contribution in [2.45, 2.75) is 42.1 Å². The van der Waals surface area contributed by atoms with Gasteiger partial charge in [0.15, 0.2) is 11.0 Å². The monoisotopic (exact) mass is 410 g/mol. The molecule has 1 aliphatic carbocycles. The third-order valence-electron chi connectivity index (χ3n) is 5.29. The Morgan fingerprint density at radius 1 is 1.07 bits per heavy atom. The SMILES string of the molecule is O=C([C@@H](Sc1nnc(-c2cccs2)n1C1CC1)c1ccccc1)N1CCCC1. The molecule has 1 saturated heterocycles. The van der Waals surface area contributed by atoms with Crippen molar-refractivity contribution < 1.29 is 4.79 Å². The number of benzene rings is 1. The molecule has 0 bridgehead atoms. The van der Waals surface area contributed by atoms with Gasteiger partial charge in [-0.15, -0.1) is 21.5 Å². The number of amides is 1. The van der Waals surface area contributed by atoms with Gasteiger partial charge >= 0.3 is 0 Å². The van der Waals surface area contributed by atoms with Crippen molar-refractivity contribution in [2.75, 3.05) is 13.1 Å². The quantitative estimate of drug-likeness (QED) is 0.548. The Hall–Kier alpha value is -2.12. The van der Waals surface area contributed by atoms with E-state index in [1.165, 1.54) is 0 Å². The smallest absolute Gasteiger partial charge is 0.240 e. The van der Waals surface area contributed by atoms with Crippen molar-refractivity contribution in [1.82, 2.24) is 19.7 Å². The highest BCUT2D eigenvalue weighted by Gasteiger charge is 2.34. The van der Waals surface area contributed by atoms with Crippen molar-refractivity contribution in [3.05, 3.63) is 53.4 Å². The van der Waals surface area contributed by atoms with E-state index in [1.54, 1.807) is 23.1 Å². The lowest BCUT2D eigenvalue weighted by atomic mass is 10.1. The summed E-state index contributed by atoms with van der Waals surface area (Å²) in [6.45, 7) is 1.72. The predicted molar refractivity (Wildman–Crippen MR) is 112 cm³/mol. The Bertz CT molecular complexity index is 944. The van der Waals surface area contributed by atoms with Crippen LogP contribution in [0.2, 0.25) is 0 Å². The summed E-state index contributed by atoms with van der Waals surface area (Å²) in [6.07, 6.45) is 4.50. The largest absolute Gasteiger partial charge is 0.341 e. The third-order valence-corrected chi connectivity index (χ3v) is 7.35. The van der Waals surface area contributed by atoms with Gasteiger partial charge < -0.3 is 4.90 Å². The van der Waals surface area contributed by atoms with Crippen LogP contribution in [0.25, 0.3) is 10.7 Å². The molecular formula is C21H22N4OS2. The molecule has 1 amide bonds. The summed E-state index contributed by atoms with van der Waals surface area (Å²) in [6, 6.07) is 14.7. The molecule has 3 heterocycles. The molecule has 5 rings (SSSR count). The number of thiophene rings is 1. The fraction of sp³-hybridized carbons (Fsp3) is 0.381. The maximum absolute atomic E-state index is 13.3. The van der Waals surface area contributed by atoms with E-state index >= 15 is 0 Å². The number of likely N-dealkylation sites (tertiary alicyclic amines) is 1. The van der Waals surface area contributed by atoms with Crippen molar-refractivity contribution in [3.8, 4) is 10.7 Å². The standard InChI is InChI=1S/C21H22N4OS2/c26-20(24-12-4-5-13-24)18(15-7-2-1-3-8-15)28-21-23-22-19(17-9-6-14-27-17)25(21)16-10-11-16/h1-3,6-9,14,16,18H,4-5,10-13H2/t18-/m0/s1. The number of aromatic nitrogens is 3. The van der Waals surface area contributed by atoms with E-state index in [4.69, 9.17) is 0 Å². The fourth-order valence-corrected chi connectivity index (χ4v) is 5.59. The molecule has 0 N–H and O–H groups in total. The second-order valence-corrected chi connectivity index (χ2v) is 9.35. The molecule has 1 atom stereocenters. The molecular weight excluding hydrogens is 388 g/mol. The molecule has 2 fully saturated rings. The van der Waals surface area contributed by atoms with Gasteiger partial charge in [-0.25, -0.2) is 0 Å². The Kier molecular flexibility index (Phi) is 4.94. The van der Waals surface area contributed by atoms with Crippen molar-refractivity contribution in [3.63, 3.8) is 0 Å². The van der Waals surface area contributed by atoms with Crippen LogP contribution in [-0.2, 0) is 4.79 Å². The molecule has 5 nitrogen and oxygen atoms in total. The van der Waals surface area contributed by atoms with Crippen molar-refractivity contribution in [1.29, 1.82) is 0 Å². The molecule has 2 aliphatic rings. The van der Waals surface area contributed by atoms with Gasteiger partial charge in [0.1, 0.15) is 5.25 Å². The average Bonchev–Trinajstić information content (AvgIpc) is 3.16. The molecule has 1 aromatic carbocycles. The molecule has 3 aromatic rings. The summed E-state index contributed by atoms with van der Waals surface area (Å²) in [7, 11) is 0. The molecule has 0 radical (unpaired) electrons. The first-order chi connectivity index (χ1) is 13.8. The molecule has 0 spiro atoms. The second-order valence-electron chi connectivity index (χ2n) is 7.33. The minimum atomic E-state index is -0.280. The lowest BCUT2D eigenvalue weighted by molar-refractivity contribution is -0.129. The van der Waals surface area contributed by atoms with E-state index in [9.17, 15) is 4.79 Å². The molecule has 2 aromatic heterocycles. The van der Waals surface area contributed by atoms with Gasteiger partial charge in [0.2, 0.25) is 5.91 Å². The predicted octanol–water partition coefficient (Wildman–Crippen LogP) is 4.80. The minimum Gasteiger partial charge on any atom is -0.341 e. The van der Waals surface area contributed by atoms with Crippen LogP contribution < -0.4 is 0 Å². The van der Waals surface area contributed by atoms with Gasteiger partial charge in [-0.05, 0) is 42.7 Å². The summed E-state index contributed by atoms with van der Waals surface area (Å²) in [4.78, 5) is 16.5. The summed E-state index contributed by atoms with van der Waals surface area (Å²) in [5.41, 5.74) is 1.03. The van der Waals surface area contributed by atoms with Crippen LogP contribution in [0.4, 0.5) is 0 Å². The first kappa shape index (κ1) is 17.9. The van der Waals surface area contributed by atoms with Gasteiger partial charge in [0.25, 0.3) is 0 Å². The Balaban J connectivity index is 1.50. The zero-order valence-electron chi connectivity index (χ0n) is 15.5. The third kappa shape index (κ3) is 3.49. The lowest BCUT2D eigenvalue weighted by Gasteiger charge is -2.23. The lowest BCUT2D eigenvalue weighted by Crippen LogP contribution is -2.31. The highest BCUT2D eigenvalue weighted by molar-refractivity contribution is 8.00. The number of hydrogen-bond acceptors (Lipinski definition) is 5. The highest BCUT2D eigenvalue weighted by atomic mass is 32.2. The number of rotatable bonds is 6. The molecule has 144 valence electrons. The zero-order valence-corrected chi connectivity index (χ0v) is 17.2. The van der Waals surface area contributed by atoms with E-state index in [0.29, 0.717) is 6.04 Å². The average molecular weight is 411 g/mol. The molecule has 1 saturated carbocycles. The van der Waals surface area contributed by atoms with Crippen LogP contribution in [-0.4, -0.2) is 38.7 Å². The maximum Gasteiger partial charge on any atom is 0.240 e. The van der Waals surface area contributed by atoms with Crippen molar-refractivity contribution in [2.24, 2.45) is 0 Å². The summed E-state index contributed by atoms with van der Waals surface area (Å²) < 4.78 is 2.25. The van der Waals surface area contributed by atoms with E-state index < -0.39 is 0 Å². The highest BCUT2D eigenvalue weighted by Crippen LogP contribution is 2.45. The number of carbonyl (C=O) groups is 1. The Morgan fingerprint density at radius 3 is 2.54 bits per heavy atom. The van der Waals surface area contributed by atoms with E-state index in [-0.39, 0.29) is 11.2 Å².